The maximum absolute atomic E-state index is 12.6. The van der Waals surface area contributed by atoms with E-state index in [1.165, 1.54) is 7.11 Å². The van der Waals surface area contributed by atoms with Crippen LogP contribution in [-0.4, -0.2) is 25.0 Å². The monoisotopic (exact) mass is 258 g/mol. The molecule has 0 bridgehead atoms. The first-order chi connectivity index (χ1) is 8.41. The van der Waals surface area contributed by atoms with Crippen LogP contribution in [0.4, 0.5) is 12.9 Å². The van der Waals surface area contributed by atoms with Gasteiger partial charge in [0.05, 0.1) is 13.1 Å². The van der Waals surface area contributed by atoms with Crippen LogP contribution in [-0.2, 0) is 6.42 Å². The lowest BCUT2D eigenvalue weighted by atomic mass is 9.76. The van der Waals surface area contributed by atoms with Crippen LogP contribution in [0.15, 0.2) is 24.4 Å². The van der Waals surface area contributed by atoms with Crippen molar-refractivity contribution in [3.63, 3.8) is 0 Å². The number of hydrogen-bond donors (Lipinski definition) is 2. The lowest BCUT2D eigenvalue weighted by molar-refractivity contribution is -0.399. The van der Waals surface area contributed by atoms with Crippen LogP contribution in [0.3, 0.4) is 0 Å². The van der Waals surface area contributed by atoms with Gasteiger partial charge in [0.2, 0.25) is 0 Å². The van der Waals surface area contributed by atoms with Crippen molar-refractivity contribution >= 4 is 17.9 Å². The lowest BCUT2D eigenvalue weighted by Crippen LogP contribution is -2.71. The van der Waals surface area contributed by atoms with Gasteiger partial charge in [-0.25, -0.2) is 0 Å². The Labute approximate surface area is 102 Å². The molecule has 2 rings (SSSR count). The van der Waals surface area contributed by atoms with E-state index in [-0.39, 0.29) is 6.42 Å². The van der Waals surface area contributed by atoms with E-state index in [0.29, 0.717) is 11.3 Å². The molecule has 0 aliphatic carbocycles. The molecule has 0 aliphatic rings. The van der Waals surface area contributed by atoms with Crippen molar-refractivity contribution in [3.8, 4) is 5.75 Å². The summed E-state index contributed by atoms with van der Waals surface area (Å²) in [6.45, 7) is -4.91. The second-order valence-electron chi connectivity index (χ2n) is 4.32. The van der Waals surface area contributed by atoms with Crippen molar-refractivity contribution in [2.75, 3.05) is 7.11 Å². The second-order valence-corrected chi connectivity index (χ2v) is 4.32. The number of aromatic amines is 1. The summed E-state index contributed by atoms with van der Waals surface area (Å²) in [4.78, 5) is 2.95. The van der Waals surface area contributed by atoms with Gasteiger partial charge >= 0.3 is 6.98 Å². The Morgan fingerprint density at radius 2 is 2.11 bits per heavy atom. The van der Waals surface area contributed by atoms with Crippen LogP contribution < -0.4 is 10.5 Å². The predicted molar refractivity (Wildman–Crippen MR) is 64.3 cm³/mol. The fourth-order valence-corrected chi connectivity index (χ4v) is 1.87. The van der Waals surface area contributed by atoms with E-state index in [0.717, 1.165) is 10.9 Å². The quantitative estimate of drug-likeness (QED) is 0.806. The Morgan fingerprint density at radius 1 is 1.39 bits per heavy atom. The molecule has 0 amide bonds. The number of hydrogen-bond acceptors (Lipinski definition) is 1. The number of quaternary nitrogens is 1. The summed E-state index contributed by atoms with van der Waals surface area (Å²) in [6.07, 6.45) is 1.49. The number of rotatable bonds is 4. The molecule has 0 saturated carbocycles. The average Bonchev–Trinajstić information content (AvgIpc) is 2.70. The van der Waals surface area contributed by atoms with Gasteiger partial charge in [-0.15, -0.1) is 0 Å². The molecule has 1 atom stereocenters. The summed E-state index contributed by atoms with van der Waals surface area (Å²) >= 11 is 0. The largest absolute Gasteiger partial charge is 0.535 e. The van der Waals surface area contributed by atoms with Crippen molar-refractivity contribution < 1.29 is 23.4 Å². The zero-order valence-electron chi connectivity index (χ0n) is 9.92. The van der Waals surface area contributed by atoms with E-state index in [9.17, 15) is 12.9 Å². The Morgan fingerprint density at radius 3 is 2.72 bits per heavy atom. The summed E-state index contributed by atoms with van der Waals surface area (Å²) in [7, 11) is 1.52. The van der Waals surface area contributed by atoms with E-state index in [2.05, 4.69) is 10.7 Å². The number of aromatic nitrogens is 1. The molecule has 0 aliphatic heterocycles. The number of nitrogens with one attached hydrogen (secondary N) is 1. The molecule has 1 aromatic heterocycles. The normalized spacial score (nSPS) is 13.8. The van der Waals surface area contributed by atoms with Gasteiger partial charge in [-0.1, -0.05) is 0 Å². The number of methoxy groups -OCH3 is 1. The van der Waals surface area contributed by atoms with Crippen LogP contribution in [0.1, 0.15) is 5.56 Å². The van der Waals surface area contributed by atoms with Crippen LogP contribution in [0.5, 0.6) is 5.75 Å². The van der Waals surface area contributed by atoms with Crippen molar-refractivity contribution in [3.05, 3.63) is 30.0 Å². The Balaban J connectivity index is 2.34. The van der Waals surface area contributed by atoms with Gasteiger partial charge in [-0.3, -0.25) is 0 Å². The van der Waals surface area contributed by atoms with Gasteiger partial charge in [0.25, 0.3) is 0 Å². The first kappa shape index (κ1) is 12.8. The van der Waals surface area contributed by atoms with E-state index < -0.39 is 12.9 Å². The predicted octanol–water partition coefficient (Wildman–Crippen LogP) is 1.72. The highest BCUT2D eigenvalue weighted by Gasteiger charge is 2.36. The molecule has 98 valence electrons. The number of H-pyrrole nitrogens is 1. The van der Waals surface area contributed by atoms with Gasteiger partial charge in [0.15, 0.2) is 0 Å². The third kappa shape index (κ3) is 2.45. The zero-order chi connectivity index (χ0) is 13.3. The number of ether oxygens (including phenoxy) is 1. The van der Waals surface area contributed by atoms with Crippen LogP contribution >= 0.6 is 0 Å². The van der Waals surface area contributed by atoms with Crippen molar-refractivity contribution in [1.82, 2.24) is 4.98 Å². The van der Waals surface area contributed by atoms with Gasteiger partial charge in [-0.05, 0) is 23.8 Å². The fraction of sp³-hybridized carbons (Fsp3) is 0.273. The molecule has 1 heterocycles. The summed E-state index contributed by atoms with van der Waals surface area (Å²) < 4.78 is 42.7. The maximum Gasteiger partial charge on any atom is 0.535 e. The summed E-state index contributed by atoms with van der Waals surface area (Å²) in [5, 5.41) is 0.753. The van der Waals surface area contributed by atoms with Crippen LogP contribution in [0.25, 0.3) is 10.9 Å². The van der Waals surface area contributed by atoms with Gasteiger partial charge in [-0.2, -0.15) is 0 Å². The molecule has 0 radical (unpaired) electrons. The second kappa shape index (κ2) is 4.57. The molecule has 1 unspecified atom stereocenters. The van der Waals surface area contributed by atoms with Crippen molar-refractivity contribution in [2.45, 2.75) is 12.4 Å². The fourth-order valence-electron chi connectivity index (χ4n) is 1.87. The molecule has 0 saturated heterocycles. The summed E-state index contributed by atoms with van der Waals surface area (Å²) in [6, 6.07) is 5.28. The molecule has 7 heteroatoms. The van der Waals surface area contributed by atoms with E-state index in [1.54, 1.807) is 24.4 Å². The molecule has 18 heavy (non-hydrogen) atoms. The molecule has 4 N–H and O–H groups in total. The highest BCUT2D eigenvalue weighted by atomic mass is 19.4. The molecular formula is C11H14BF3N2O. The zero-order valence-corrected chi connectivity index (χ0v) is 9.92. The maximum atomic E-state index is 12.6. The minimum Gasteiger partial charge on any atom is -0.497 e. The minimum atomic E-state index is -4.91. The Hall–Kier alpha value is -1.63. The Kier molecular flexibility index (Phi) is 3.25. The average molecular weight is 258 g/mol. The topological polar surface area (TPSA) is 52.7 Å². The van der Waals surface area contributed by atoms with Gasteiger partial charge in [0, 0.05) is 23.5 Å². The van der Waals surface area contributed by atoms with Crippen molar-refractivity contribution in [2.24, 2.45) is 0 Å². The van der Waals surface area contributed by atoms with Gasteiger partial charge in [0.1, 0.15) is 5.75 Å². The standard InChI is InChI=1S/C11H13BF3N2O/c1-18-8-2-3-10-9(5-8)7(6-17-10)4-11(16)12(13,14)15/h2-3,5-6,11,17H,4,16H2,1H3/q-1/p+1. The van der Waals surface area contributed by atoms with Crippen molar-refractivity contribution in [1.29, 1.82) is 0 Å². The molecule has 3 nitrogen and oxygen atoms in total. The first-order valence-electron chi connectivity index (χ1n) is 5.59. The van der Waals surface area contributed by atoms with E-state index in [1.807, 2.05) is 0 Å². The lowest BCUT2D eigenvalue weighted by Gasteiger charge is -2.18. The highest BCUT2D eigenvalue weighted by Crippen LogP contribution is 2.25. The third-order valence-corrected chi connectivity index (χ3v) is 2.99. The molecule has 1 aromatic carbocycles. The first-order valence-corrected chi connectivity index (χ1v) is 5.59. The smallest absolute Gasteiger partial charge is 0.497 e. The number of benzene rings is 1. The SMILES string of the molecule is COc1ccc2[nH]cc(CC([NH3+])[B-](F)(F)F)c2c1. The number of fused-ring (bicyclic) bond motifs is 1. The van der Waals surface area contributed by atoms with E-state index >= 15 is 0 Å². The van der Waals surface area contributed by atoms with E-state index in [4.69, 9.17) is 4.74 Å². The third-order valence-electron chi connectivity index (χ3n) is 2.99. The van der Waals surface area contributed by atoms with Crippen LogP contribution in [0, 0.1) is 0 Å². The highest BCUT2D eigenvalue weighted by molar-refractivity contribution is 6.59. The Bertz CT molecular complexity index is 553. The summed E-state index contributed by atoms with van der Waals surface area (Å²) in [5.41, 5.74) is 4.60. The van der Waals surface area contributed by atoms with Gasteiger partial charge < -0.3 is 28.4 Å². The molecule has 0 spiro atoms. The van der Waals surface area contributed by atoms with Crippen LogP contribution in [0.2, 0.25) is 0 Å². The molecule has 2 aromatic rings. The molecule has 0 fully saturated rings. The number of halogens is 3. The minimum absolute atomic E-state index is 0.114. The molecular weight excluding hydrogens is 244 g/mol. The summed E-state index contributed by atoms with van der Waals surface area (Å²) in [5.74, 6) is -0.920.